The first-order chi connectivity index (χ1) is 17.1. The molecule has 0 N–H and O–H groups in total. The van der Waals surface area contributed by atoms with Crippen molar-refractivity contribution in [3.05, 3.63) is 53.5 Å². The maximum Gasteiger partial charge on any atom is 0.433 e. The average molecular weight is 485 g/mol. The van der Waals surface area contributed by atoms with E-state index in [2.05, 4.69) is 16.2 Å². The number of benzene rings is 1. The van der Waals surface area contributed by atoms with E-state index in [0.29, 0.717) is 47.6 Å². The zero-order valence-electron chi connectivity index (χ0n) is 20.6. The van der Waals surface area contributed by atoms with E-state index in [9.17, 15) is 19.6 Å². The molecule has 0 aliphatic carbocycles. The third-order valence-corrected chi connectivity index (χ3v) is 7.77. The van der Waals surface area contributed by atoms with Gasteiger partial charge in [-0.3, -0.25) is 19.3 Å². The van der Waals surface area contributed by atoms with Crippen LogP contribution in [-0.4, -0.2) is 73.7 Å². The zero-order valence-corrected chi connectivity index (χ0v) is 20.6. The highest BCUT2D eigenvalue weighted by atomic mass is 16.2. The average Bonchev–Trinajstić information content (AvgIpc) is 3.58. The molecule has 3 fully saturated rings. The molecule has 182 valence electrons. The number of aromatic nitrogens is 3. The molecule has 3 amide bonds. The SMILES string of the molecule is Cn1nc(C(C)(C)C)cc1C(=O)C1CN2CC3C(=O)N(c4ccc(C#N)c5ncccc45)C(=O)[N+]13C2. The summed E-state index contributed by atoms with van der Waals surface area (Å²) in [6.45, 7) is 7.25. The van der Waals surface area contributed by atoms with Crippen molar-refractivity contribution in [2.45, 2.75) is 38.3 Å². The lowest BCUT2D eigenvalue weighted by Gasteiger charge is -2.32. The third-order valence-electron chi connectivity index (χ3n) is 7.77. The molecule has 10 heteroatoms. The zero-order chi connectivity index (χ0) is 25.6. The van der Waals surface area contributed by atoms with Gasteiger partial charge in [-0.05, 0) is 30.3 Å². The van der Waals surface area contributed by atoms with Crippen LogP contribution in [0.2, 0.25) is 0 Å². The fraction of sp³-hybridized carbons (Fsp3) is 0.385. The van der Waals surface area contributed by atoms with Crippen molar-refractivity contribution < 1.29 is 18.9 Å². The summed E-state index contributed by atoms with van der Waals surface area (Å²) < 4.78 is 1.36. The van der Waals surface area contributed by atoms with Crippen molar-refractivity contribution in [2.24, 2.45) is 7.05 Å². The Balaban J connectivity index is 1.44. The summed E-state index contributed by atoms with van der Waals surface area (Å²) >= 11 is 0. The lowest BCUT2D eigenvalue weighted by atomic mass is 9.91. The number of ketones is 1. The van der Waals surface area contributed by atoms with Crippen molar-refractivity contribution in [1.82, 2.24) is 19.7 Å². The van der Waals surface area contributed by atoms with Gasteiger partial charge in [0, 0.05) is 24.0 Å². The molecule has 2 bridgehead atoms. The number of hydrogen-bond acceptors (Lipinski definition) is 7. The highest BCUT2D eigenvalue weighted by Gasteiger charge is 2.73. The van der Waals surface area contributed by atoms with Gasteiger partial charge in [0.15, 0.2) is 12.1 Å². The number of Topliss-reactive ketones (excluding diaryl/α,β-unsaturated/α-hetero) is 1. The second-order valence-corrected chi connectivity index (χ2v) is 10.9. The van der Waals surface area contributed by atoms with Crippen molar-refractivity contribution in [2.75, 3.05) is 24.7 Å². The number of nitriles is 1. The van der Waals surface area contributed by atoms with Crippen molar-refractivity contribution in [3.8, 4) is 6.07 Å². The molecule has 5 heterocycles. The fourth-order valence-corrected chi connectivity index (χ4v) is 5.94. The molecule has 1 aromatic carbocycles. The fourth-order valence-electron chi connectivity index (χ4n) is 5.94. The quantitative estimate of drug-likeness (QED) is 0.319. The number of piperazine rings is 1. The Kier molecular flexibility index (Phi) is 4.56. The number of pyridine rings is 1. The molecular weight excluding hydrogens is 458 g/mol. The maximum atomic E-state index is 14.2. The highest BCUT2D eigenvalue weighted by Crippen LogP contribution is 2.45. The number of anilines is 1. The molecule has 1 spiro atoms. The van der Waals surface area contributed by atoms with Crippen molar-refractivity contribution in [1.29, 1.82) is 5.26 Å². The molecule has 10 nitrogen and oxygen atoms in total. The van der Waals surface area contributed by atoms with Crippen LogP contribution in [-0.2, 0) is 17.3 Å². The lowest BCUT2D eigenvalue weighted by Crippen LogP contribution is -2.62. The first kappa shape index (κ1) is 22.5. The predicted molar refractivity (Wildman–Crippen MR) is 130 cm³/mol. The van der Waals surface area contributed by atoms with E-state index in [0.717, 1.165) is 5.69 Å². The Bertz CT molecular complexity index is 1530. The van der Waals surface area contributed by atoms with Gasteiger partial charge >= 0.3 is 6.03 Å². The van der Waals surface area contributed by atoms with Gasteiger partial charge < -0.3 is 0 Å². The number of carbonyl (C=O) groups excluding carboxylic acids is 3. The first-order valence-corrected chi connectivity index (χ1v) is 11.9. The van der Waals surface area contributed by atoms with Crippen LogP contribution in [0.25, 0.3) is 10.9 Å². The number of nitrogens with zero attached hydrogens (tertiary/aromatic N) is 7. The predicted octanol–water partition coefficient (Wildman–Crippen LogP) is 2.33. The number of hydrogen-bond donors (Lipinski definition) is 0. The Morgan fingerprint density at radius 2 is 1.97 bits per heavy atom. The van der Waals surface area contributed by atoms with Gasteiger partial charge in [0.05, 0.1) is 35.6 Å². The second-order valence-electron chi connectivity index (χ2n) is 10.9. The second kappa shape index (κ2) is 7.29. The normalized spacial score (nSPS) is 27.1. The molecule has 3 aromatic rings. The summed E-state index contributed by atoms with van der Waals surface area (Å²) in [5.41, 5.74) is 2.21. The van der Waals surface area contributed by atoms with Crippen LogP contribution in [0.4, 0.5) is 10.5 Å². The molecule has 2 aromatic heterocycles. The van der Waals surface area contributed by atoms with Gasteiger partial charge in [-0.15, -0.1) is 0 Å². The smallest absolute Gasteiger partial charge is 0.286 e. The summed E-state index contributed by atoms with van der Waals surface area (Å²) in [6.07, 6.45) is 1.58. The number of quaternary nitrogens is 1. The van der Waals surface area contributed by atoms with Gasteiger partial charge in [-0.1, -0.05) is 20.8 Å². The minimum atomic E-state index is -0.698. The largest absolute Gasteiger partial charge is 0.433 e. The summed E-state index contributed by atoms with van der Waals surface area (Å²) in [4.78, 5) is 49.3. The molecule has 3 aliphatic rings. The Hall–Kier alpha value is -3.94. The highest BCUT2D eigenvalue weighted by molar-refractivity contribution is 6.22. The molecule has 6 rings (SSSR count). The van der Waals surface area contributed by atoms with E-state index < -0.39 is 18.1 Å². The van der Waals surface area contributed by atoms with Crippen LogP contribution in [0.5, 0.6) is 0 Å². The Morgan fingerprint density at radius 1 is 1.19 bits per heavy atom. The number of fused-ring (bicyclic) bond motifs is 2. The van der Waals surface area contributed by atoms with Gasteiger partial charge in [-0.2, -0.15) is 15.3 Å². The minimum absolute atomic E-state index is 0.179. The summed E-state index contributed by atoms with van der Waals surface area (Å²) in [7, 11) is 1.74. The van der Waals surface area contributed by atoms with Crippen LogP contribution in [0, 0.1) is 11.3 Å². The minimum Gasteiger partial charge on any atom is -0.286 e. The molecule has 3 aliphatic heterocycles. The number of aryl methyl sites for hydroxylation is 1. The van der Waals surface area contributed by atoms with E-state index in [1.165, 1.54) is 4.90 Å². The maximum absolute atomic E-state index is 14.2. The van der Waals surface area contributed by atoms with Crippen LogP contribution < -0.4 is 4.90 Å². The number of amides is 3. The summed E-state index contributed by atoms with van der Waals surface area (Å²) in [5.74, 6) is -0.502. The van der Waals surface area contributed by atoms with E-state index in [1.54, 1.807) is 48.3 Å². The molecule has 4 atom stereocenters. The van der Waals surface area contributed by atoms with Crippen LogP contribution in [0.15, 0.2) is 36.5 Å². The summed E-state index contributed by atoms with van der Waals surface area (Å²) in [6, 6.07) is 8.84. The number of imide groups is 1. The van der Waals surface area contributed by atoms with Gasteiger partial charge in [-0.25, -0.2) is 14.2 Å². The Morgan fingerprint density at radius 3 is 2.67 bits per heavy atom. The topological polar surface area (TPSA) is 112 Å². The van der Waals surface area contributed by atoms with Crippen LogP contribution in [0.3, 0.4) is 0 Å². The molecule has 0 saturated carbocycles. The molecule has 4 unspecified atom stereocenters. The van der Waals surface area contributed by atoms with E-state index in [1.807, 2.05) is 25.7 Å². The lowest BCUT2D eigenvalue weighted by molar-refractivity contribution is -0.852. The molecular formula is C26H26N7O3+. The third kappa shape index (κ3) is 2.81. The number of urea groups is 1. The van der Waals surface area contributed by atoms with E-state index >= 15 is 0 Å². The van der Waals surface area contributed by atoms with Gasteiger partial charge in [0.2, 0.25) is 5.78 Å². The van der Waals surface area contributed by atoms with Gasteiger partial charge in [0.1, 0.15) is 18.4 Å². The monoisotopic (exact) mass is 484 g/mol. The van der Waals surface area contributed by atoms with E-state index in [-0.39, 0.29) is 21.6 Å². The molecule has 0 radical (unpaired) electrons. The first-order valence-electron chi connectivity index (χ1n) is 11.9. The molecule has 3 saturated heterocycles. The van der Waals surface area contributed by atoms with Crippen molar-refractivity contribution >= 4 is 34.3 Å². The van der Waals surface area contributed by atoms with Gasteiger partial charge in [0.25, 0.3) is 5.91 Å². The van der Waals surface area contributed by atoms with Crippen LogP contribution in [0.1, 0.15) is 42.5 Å². The van der Waals surface area contributed by atoms with E-state index in [4.69, 9.17) is 0 Å². The molecule has 36 heavy (non-hydrogen) atoms. The standard InChI is InChI=1S/C26H26N7O3/c1-26(2,3)21-10-18(30(4)29-21)23(34)19-12-31-13-20-24(35)32(25(36)33(19,20)14-31)17-8-7-15(11-27)22-16(17)6-5-9-28-22/h5-10,19-20H,12-14H2,1-4H3/q+1. The number of rotatable bonds is 3. The summed E-state index contributed by atoms with van der Waals surface area (Å²) in [5, 5.41) is 14.6. The van der Waals surface area contributed by atoms with Crippen molar-refractivity contribution in [3.63, 3.8) is 0 Å². The Labute approximate surface area is 207 Å². The van der Waals surface area contributed by atoms with Crippen LogP contribution >= 0.6 is 0 Å². The number of carbonyl (C=O) groups is 3.